The van der Waals surface area contributed by atoms with Crippen molar-refractivity contribution in [2.45, 2.75) is 6.42 Å². The number of pyridine rings is 1. The molecular formula is C19H22BrN5O2. The predicted molar refractivity (Wildman–Crippen MR) is 109 cm³/mol. The Morgan fingerprint density at radius 3 is 2.59 bits per heavy atom. The molecule has 3 rings (SSSR count). The molecule has 1 aliphatic heterocycles. The van der Waals surface area contributed by atoms with Crippen LogP contribution in [0.1, 0.15) is 6.42 Å². The molecule has 27 heavy (non-hydrogen) atoms. The van der Waals surface area contributed by atoms with Crippen LogP contribution in [-0.2, 0) is 4.79 Å². The summed E-state index contributed by atoms with van der Waals surface area (Å²) < 4.78 is 0.889. The van der Waals surface area contributed by atoms with E-state index in [1.165, 1.54) is 0 Å². The minimum atomic E-state index is -0.319. The first kappa shape index (κ1) is 19.2. The average molecular weight is 432 g/mol. The van der Waals surface area contributed by atoms with Gasteiger partial charge in [-0.2, -0.15) is 0 Å². The first-order valence-electron chi connectivity index (χ1n) is 8.86. The van der Waals surface area contributed by atoms with Crippen LogP contribution >= 0.6 is 15.9 Å². The molecule has 0 bridgehead atoms. The van der Waals surface area contributed by atoms with Crippen molar-refractivity contribution >= 4 is 39.4 Å². The molecule has 0 unspecified atom stereocenters. The predicted octanol–water partition coefficient (Wildman–Crippen LogP) is 2.70. The van der Waals surface area contributed by atoms with Crippen LogP contribution in [0.25, 0.3) is 0 Å². The second-order valence-corrected chi connectivity index (χ2v) is 7.11. The van der Waals surface area contributed by atoms with Crippen LogP contribution in [0.5, 0.6) is 0 Å². The van der Waals surface area contributed by atoms with E-state index >= 15 is 0 Å². The topological polar surface area (TPSA) is 77.6 Å². The van der Waals surface area contributed by atoms with Crippen LogP contribution in [0, 0.1) is 0 Å². The Kier molecular flexibility index (Phi) is 6.64. The van der Waals surface area contributed by atoms with Crippen LogP contribution in [0.4, 0.5) is 16.3 Å². The fourth-order valence-corrected chi connectivity index (χ4v) is 3.31. The molecular weight excluding hydrogens is 410 g/mol. The number of urea groups is 1. The molecule has 1 aromatic heterocycles. The van der Waals surface area contributed by atoms with Gasteiger partial charge in [0.05, 0.1) is 0 Å². The van der Waals surface area contributed by atoms with Crippen LogP contribution in [-0.4, -0.2) is 54.5 Å². The van der Waals surface area contributed by atoms with Crippen molar-refractivity contribution in [1.82, 2.24) is 15.2 Å². The molecule has 0 spiro atoms. The number of halogens is 1. The Labute approximate surface area is 166 Å². The minimum Gasteiger partial charge on any atom is -0.353 e. The van der Waals surface area contributed by atoms with Gasteiger partial charge >= 0.3 is 6.03 Å². The van der Waals surface area contributed by atoms with E-state index in [0.29, 0.717) is 25.3 Å². The monoisotopic (exact) mass is 431 g/mol. The van der Waals surface area contributed by atoms with Gasteiger partial charge in [-0.15, -0.1) is 0 Å². The Morgan fingerprint density at radius 2 is 1.89 bits per heavy atom. The molecule has 0 aliphatic carbocycles. The highest BCUT2D eigenvalue weighted by Gasteiger charge is 2.21. The third kappa shape index (κ3) is 5.68. The number of nitrogens with zero attached hydrogens (tertiary/aromatic N) is 3. The largest absolute Gasteiger partial charge is 0.353 e. The number of hydrogen-bond donors (Lipinski definition) is 2. The van der Waals surface area contributed by atoms with Gasteiger partial charge in [-0.3, -0.25) is 4.79 Å². The first-order chi connectivity index (χ1) is 13.1. The molecule has 2 aromatic rings. The van der Waals surface area contributed by atoms with E-state index in [2.05, 4.69) is 36.4 Å². The highest BCUT2D eigenvalue weighted by molar-refractivity contribution is 9.10. The Balaban J connectivity index is 1.37. The van der Waals surface area contributed by atoms with Gasteiger partial charge in [0.25, 0.3) is 0 Å². The molecule has 1 saturated heterocycles. The lowest BCUT2D eigenvalue weighted by Gasteiger charge is -2.35. The van der Waals surface area contributed by atoms with Crippen molar-refractivity contribution in [3.8, 4) is 0 Å². The van der Waals surface area contributed by atoms with E-state index in [4.69, 9.17) is 0 Å². The zero-order valence-electron chi connectivity index (χ0n) is 14.9. The molecule has 1 fully saturated rings. The van der Waals surface area contributed by atoms with E-state index in [0.717, 1.165) is 23.4 Å². The lowest BCUT2D eigenvalue weighted by molar-refractivity contribution is -0.131. The molecule has 3 amide bonds. The number of amides is 3. The zero-order chi connectivity index (χ0) is 19.1. The molecule has 1 aliphatic rings. The molecule has 2 heterocycles. The highest BCUT2D eigenvalue weighted by atomic mass is 79.9. The van der Waals surface area contributed by atoms with Crippen LogP contribution in [0.15, 0.2) is 53.1 Å². The lowest BCUT2D eigenvalue weighted by Crippen LogP contribution is -2.49. The van der Waals surface area contributed by atoms with Crippen molar-refractivity contribution in [2.75, 3.05) is 42.9 Å². The summed E-state index contributed by atoms with van der Waals surface area (Å²) in [6.45, 7) is 3.16. The summed E-state index contributed by atoms with van der Waals surface area (Å²) in [6, 6.07) is 12.9. The standard InChI is InChI=1S/C19H22BrN5O2/c20-15-4-3-5-16(14-15)23-19(27)22-9-7-18(26)25-12-10-24(11-13-25)17-6-1-2-8-21-17/h1-6,8,14H,7,9-13H2,(H2,22,23,27). The molecule has 0 radical (unpaired) electrons. The number of carbonyl (C=O) groups excluding carboxylic acids is 2. The van der Waals surface area contributed by atoms with Crippen molar-refractivity contribution in [1.29, 1.82) is 0 Å². The summed E-state index contributed by atoms with van der Waals surface area (Å²) in [5.74, 6) is 0.994. The zero-order valence-corrected chi connectivity index (χ0v) is 16.5. The summed E-state index contributed by atoms with van der Waals surface area (Å²) in [5, 5.41) is 5.46. The van der Waals surface area contributed by atoms with Crippen molar-refractivity contribution in [2.24, 2.45) is 0 Å². The van der Waals surface area contributed by atoms with Crippen molar-refractivity contribution in [3.05, 3.63) is 53.1 Å². The fraction of sp³-hybridized carbons (Fsp3) is 0.316. The van der Waals surface area contributed by atoms with Crippen molar-refractivity contribution in [3.63, 3.8) is 0 Å². The Bertz CT molecular complexity index is 779. The Morgan fingerprint density at radius 1 is 1.07 bits per heavy atom. The molecule has 1 aromatic carbocycles. The molecule has 0 saturated carbocycles. The number of benzene rings is 1. The van der Waals surface area contributed by atoms with Crippen LogP contribution in [0.2, 0.25) is 0 Å². The van der Waals surface area contributed by atoms with Crippen molar-refractivity contribution < 1.29 is 9.59 Å². The van der Waals surface area contributed by atoms with E-state index in [1.807, 2.05) is 41.3 Å². The van der Waals surface area contributed by atoms with E-state index in [1.54, 1.807) is 12.3 Å². The lowest BCUT2D eigenvalue weighted by atomic mass is 10.2. The fourth-order valence-electron chi connectivity index (χ4n) is 2.91. The maximum atomic E-state index is 12.3. The van der Waals surface area contributed by atoms with Gasteiger partial charge in [0.1, 0.15) is 5.82 Å². The minimum absolute atomic E-state index is 0.0541. The highest BCUT2D eigenvalue weighted by Crippen LogP contribution is 2.15. The number of hydrogen-bond acceptors (Lipinski definition) is 4. The maximum Gasteiger partial charge on any atom is 0.319 e. The van der Waals surface area contributed by atoms with Crippen LogP contribution < -0.4 is 15.5 Å². The number of piperazine rings is 1. The van der Waals surface area contributed by atoms with E-state index < -0.39 is 0 Å². The van der Waals surface area contributed by atoms with Crippen LogP contribution in [0.3, 0.4) is 0 Å². The SMILES string of the molecule is O=C(NCCC(=O)N1CCN(c2ccccn2)CC1)Nc1cccc(Br)c1. The third-order valence-electron chi connectivity index (χ3n) is 4.31. The quantitative estimate of drug-likeness (QED) is 0.762. The van der Waals surface area contributed by atoms with Gasteiger partial charge in [0.2, 0.25) is 5.91 Å². The van der Waals surface area contributed by atoms with Gasteiger partial charge in [-0.25, -0.2) is 9.78 Å². The summed E-state index contributed by atoms with van der Waals surface area (Å²) in [7, 11) is 0. The summed E-state index contributed by atoms with van der Waals surface area (Å²) in [6.07, 6.45) is 2.06. The molecule has 0 atom stereocenters. The van der Waals surface area contributed by atoms with Gasteiger partial charge < -0.3 is 20.4 Å². The summed E-state index contributed by atoms with van der Waals surface area (Å²) >= 11 is 3.36. The Hall–Kier alpha value is -2.61. The van der Waals surface area contributed by atoms with E-state index in [-0.39, 0.29) is 18.4 Å². The number of carbonyl (C=O) groups is 2. The molecule has 7 nitrogen and oxygen atoms in total. The second kappa shape index (κ2) is 9.36. The smallest absolute Gasteiger partial charge is 0.319 e. The summed E-state index contributed by atoms with van der Waals surface area (Å²) in [4.78, 5) is 32.6. The maximum absolute atomic E-state index is 12.3. The average Bonchev–Trinajstić information content (AvgIpc) is 2.69. The molecule has 2 N–H and O–H groups in total. The summed E-state index contributed by atoms with van der Waals surface area (Å²) in [5.41, 5.74) is 0.693. The second-order valence-electron chi connectivity index (χ2n) is 6.20. The molecule has 142 valence electrons. The number of anilines is 2. The number of nitrogens with one attached hydrogen (secondary N) is 2. The normalized spacial score (nSPS) is 14.0. The first-order valence-corrected chi connectivity index (χ1v) is 9.65. The number of aromatic nitrogens is 1. The van der Waals surface area contributed by atoms with E-state index in [9.17, 15) is 9.59 Å². The van der Waals surface area contributed by atoms with Gasteiger partial charge in [-0.05, 0) is 30.3 Å². The third-order valence-corrected chi connectivity index (χ3v) is 4.81. The van der Waals surface area contributed by atoms with Gasteiger partial charge in [-0.1, -0.05) is 28.1 Å². The molecule has 8 heteroatoms. The number of rotatable bonds is 5. The van der Waals surface area contributed by atoms with Gasteiger partial charge in [0, 0.05) is 55.5 Å². The van der Waals surface area contributed by atoms with Gasteiger partial charge in [0.15, 0.2) is 0 Å².